The van der Waals surface area contributed by atoms with Crippen LogP contribution in [0.3, 0.4) is 0 Å². The Morgan fingerprint density at radius 2 is 1.59 bits per heavy atom. The zero-order valence-electron chi connectivity index (χ0n) is 24.2. The van der Waals surface area contributed by atoms with E-state index in [9.17, 15) is 39.6 Å². The molecule has 238 valence electrons. The first-order chi connectivity index (χ1) is 20.3. The molecule has 0 aromatic heterocycles. The van der Waals surface area contributed by atoms with Crippen molar-refractivity contribution < 1.29 is 39.6 Å². The molecule has 44 heavy (non-hydrogen) atoms. The highest BCUT2D eigenvalue weighted by Gasteiger charge is 2.75. The fraction of sp³-hybridized carbons (Fsp3) is 0.548. The highest BCUT2D eigenvalue weighted by Crippen LogP contribution is 2.71. The van der Waals surface area contributed by atoms with E-state index in [0.29, 0.717) is 37.1 Å². The van der Waals surface area contributed by atoms with Crippen LogP contribution in [-0.4, -0.2) is 47.4 Å². The third-order valence-corrected chi connectivity index (χ3v) is 11.7. The largest absolute Gasteiger partial charge is 0.416 e. The van der Waals surface area contributed by atoms with Gasteiger partial charge < -0.3 is 5.32 Å². The second-order valence-electron chi connectivity index (χ2n) is 13.6. The number of halogens is 6. The van der Waals surface area contributed by atoms with Crippen molar-refractivity contribution in [3.8, 4) is 0 Å². The Bertz CT molecular complexity index is 1580. The minimum absolute atomic E-state index is 0.128. The number of ketones is 1. The number of carbonyl (C=O) groups excluding carboxylic acids is 1. The number of Topliss-reactive ketones (excluding diaryl/α,β-unsaturated/α-hetero) is 1. The van der Waals surface area contributed by atoms with Crippen molar-refractivity contribution in [3.05, 3.63) is 65.5 Å². The summed E-state index contributed by atoms with van der Waals surface area (Å²) in [6, 6.07) is 8.04. The van der Waals surface area contributed by atoms with Crippen LogP contribution in [0.25, 0.3) is 0 Å². The SMILES string of the molecule is CC1(C)NC(C23CC(N(Cc4ccc(C(F)(F)F)cc4)S(=O)(=O)c4ccc(F)cc4)(C2)C3)=NC1C(=O)CCC1CC(F)(F)C1. The van der Waals surface area contributed by atoms with Crippen LogP contribution >= 0.6 is 0 Å². The van der Waals surface area contributed by atoms with Crippen molar-refractivity contribution in [1.29, 1.82) is 0 Å². The summed E-state index contributed by atoms with van der Waals surface area (Å²) < 4.78 is 109. The molecule has 6 nitrogen and oxygen atoms in total. The van der Waals surface area contributed by atoms with Crippen LogP contribution in [0.5, 0.6) is 0 Å². The number of benzene rings is 2. The van der Waals surface area contributed by atoms with Gasteiger partial charge in [0.25, 0.3) is 0 Å². The topological polar surface area (TPSA) is 78.8 Å². The van der Waals surface area contributed by atoms with Gasteiger partial charge in [-0.3, -0.25) is 9.79 Å². The van der Waals surface area contributed by atoms with Gasteiger partial charge in [-0.2, -0.15) is 17.5 Å². The average Bonchev–Trinajstić information content (AvgIpc) is 3.18. The molecule has 4 aliphatic carbocycles. The molecule has 0 amide bonds. The van der Waals surface area contributed by atoms with E-state index in [2.05, 4.69) is 5.32 Å². The Kier molecular flexibility index (Phi) is 7.09. The third kappa shape index (κ3) is 5.33. The highest BCUT2D eigenvalue weighted by atomic mass is 32.2. The summed E-state index contributed by atoms with van der Waals surface area (Å²) in [5.41, 5.74) is -2.50. The van der Waals surface area contributed by atoms with Crippen molar-refractivity contribution in [2.45, 2.75) is 99.5 Å². The van der Waals surface area contributed by atoms with E-state index in [0.717, 1.165) is 36.4 Å². The number of amidine groups is 1. The van der Waals surface area contributed by atoms with Crippen molar-refractivity contribution >= 4 is 21.6 Å². The molecule has 4 fully saturated rings. The Labute approximate surface area is 252 Å². The summed E-state index contributed by atoms with van der Waals surface area (Å²) in [6.07, 6.45) is -3.22. The van der Waals surface area contributed by atoms with Gasteiger partial charge in [0, 0.05) is 36.8 Å². The summed E-state index contributed by atoms with van der Waals surface area (Å²) in [5, 5.41) is 3.37. The number of alkyl halides is 5. The number of aliphatic imine (C=N–C) groups is 1. The standard InChI is InChI=1S/C31H33F6N3O3S/c1-27(2)25(24(41)12-5-20-13-30(33,34)14-20)38-26(39-27)28-16-29(17-28,18-28)40(44(42,43)23-10-8-22(32)9-11-23)15-19-3-6-21(7-4-19)31(35,36)37/h3-4,6-11,20,25H,5,12-18H2,1-2H3,(H,38,39). The lowest BCUT2D eigenvalue weighted by Crippen LogP contribution is -2.78. The summed E-state index contributed by atoms with van der Waals surface area (Å²) in [6.45, 7) is 3.52. The summed E-state index contributed by atoms with van der Waals surface area (Å²) in [4.78, 5) is 17.7. The molecule has 1 heterocycles. The molecule has 2 aromatic carbocycles. The minimum atomic E-state index is -4.54. The number of carbonyl (C=O) groups is 1. The van der Waals surface area contributed by atoms with Gasteiger partial charge in [0.2, 0.25) is 15.9 Å². The van der Waals surface area contributed by atoms with E-state index in [4.69, 9.17) is 4.99 Å². The van der Waals surface area contributed by atoms with Crippen LogP contribution < -0.4 is 5.32 Å². The number of nitrogens with zero attached hydrogens (tertiary/aromatic N) is 2. The van der Waals surface area contributed by atoms with Crippen LogP contribution in [0.4, 0.5) is 26.3 Å². The molecule has 0 spiro atoms. The van der Waals surface area contributed by atoms with Gasteiger partial charge >= 0.3 is 6.18 Å². The van der Waals surface area contributed by atoms with Crippen LogP contribution in [0, 0.1) is 17.2 Å². The lowest BCUT2D eigenvalue weighted by molar-refractivity contribution is -0.151. The molecule has 1 atom stereocenters. The van der Waals surface area contributed by atoms with Crippen molar-refractivity contribution in [3.63, 3.8) is 0 Å². The smallest absolute Gasteiger partial charge is 0.366 e. The Balaban J connectivity index is 1.20. The third-order valence-electron chi connectivity index (χ3n) is 9.70. The van der Waals surface area contributed by atoms with Gasteiger partial charge in [-0.15, -0.1) is 0 Å². The molecular formula is C31H33F6N3O3S. The van der Waals surface area contributed by atoms with Crippen molar-refractivity contribution in [2.24, 2.45) is 16.3 Å². The highest BCUT2D eigenvalue weighted by molar-refractivity contribution is 7.89. The first kappa shape index (κ1) is 31.1. The molecule has 1 N–H and O–H groups in total. The fourth-order valence-corrected chi connectivity index (χ4v) is 9.13. The predicted octanol–water partition coefficient (Wildman–Crippen LogP) is 6.50. The molecule has 4 saturated carbocycles. The lowest BCUT2D eigenvalue weighted by atomic mass is 9.38. The normalized spacial score (nSPS) is 28.8. The van der Waals surface area contributed by atoms with E-state index < -0.39 is 56.0 Å². The number of sulfonamides is 1. The van der Waals surface area contributed by atoms with Gasteiger partial charge in [0.1, 0.15) is 17.7 Å². The van der Waals surface area contributed by atoms with Crippen LogP contribution in [0.15, 0.2) is 58.4 Å². The number of rotatable bonds is 10. The molecule has 1 unspecified atom stereocenters. The summed E-state index contributed by atoms with van der Waals surface area (Å²) in [7, 11) is -4.18. The van der Waals surface area contributed by atoms with Gasteiger partial charge in [0.15, 0.2) is 5.78 Å². The van der Waals surface area contributed by atoms with Crippen molar-refractivity contribution in [1.82, 2.24) is 9.62 Å². The summed E-state index contributed by atoms with van der Waals surface area (Å²) in [5.74, 6) is -2.93. The molecule has 0 radical (unpaired) electrons. The van der Waals surface area contributed by atoms with E-state index in [1.54, 1.807) is 0 Å². The van der Waals surface area contributed by atoms with Crippen LogP contribution in [-0.2, 0) is 27.5 Å². The second kappa shape index (κ2) is 10.0. The van der Waals surface area contributed by atoms with E-state index >= 15 is 0 Å². The first-order valence-corrected chi connectivity index (χ1v) is 16.0. The van der Waals surface area contributed by atoms with E-state index in [1.165, 1.54) is 16.4 Å². The molecule has 2 aromatic rings. The van der Waals surface area contributed by atoms with Crippen molar-refractivity contribution in [2.75, 3.05) is 0 Å². The van der Waals surface area contributed by atoms with Crippen LogP contribution in [0.2, 0.25) is 0 Å². The number of nitrogens with one attached hydrogen (secondary N) is 1. The molecule has 1 aliphatic heterocycles. The average molecular weight is 642 g/mol. The maximum absolute atomic E-state index is 13.9. The molecule has 2 bridgehead atoms. The van der Waals surface area contributed by atoms with Gasteiger partial charge in [0.05, 0.1) is 16.0 Å². The predicted molar refractivity (Wildman–Crippen MR) is 150 cm³/mol. The summed E-state index contributed by atoms with van der Waals surface area (Å²) >= 11 is 0. The monoisotopic (exact) mass is 641 g/mol. The molecule has 7 rings (SSSR count). The molecule has 0 saturated heterocycles. The molecular weight excluding hydrogens is 608 g/mol. The second-order valence-corrected chi connectivity index (χ2v) is 15.4. The van der Waals surface area contributed by atoms with Gasteiger partial charge in [-0.25, -0.2) is 21.6 Å². The maximum Gasteiger partial charge on any atom is 0.416 e. The molecule has 5 aliphatic rings. The van der Waals surface area contributed by atoms with Gasteiger partial charge in [-0.1, -0.05) is 12.1 Å². The van der Waals surface area contributed by atoms with Crippen LogP contribution in [0.1, 0.15) is 69.9 Å². The lowest BCUT2D eigenvalue weighted by Gasteiger charge is -2.73. The van der Waals surface area contributed by atoms with E-state index in [-0.39, 0.29) is 42.4 Å². The Morgan fingerprint density at radius 1 is 1.00 bits per heavy atom. The quantitative estimate of drug-likeness (QED) is 0.301. The number of hydrogen-bond donors (Lipinski definition) is 1. The Hall–Kier alpha value is -2.93. The fourth-order valence-electron chi connectivity index (χ4n) is 7.37. The first-order valence-electron chi connectivity index (χ1n) is 14.6. The Morgan fingerprint density at radius 3 is 2.14 bits per heavy atom. The maximum atomic E-state index is 13.9. The zero-order valence-corrected chi connectivity index (χ0v) is 25.0. The molecule has 13 heteroatoms. The number of hydrogen-bond acceptors (Lipinski definition) is 5. The minimum Gasteiger partial charge on any atom is -0.366 e. The van der Waals surface area contributed by atoms with Gasteiger partial charge in [-0.05, 0) is 87.4 Å². The zero-order chi connectivity index (χ0) is 31.9. The van der Waals surface area contributed by atoms with E-state index in [1.807, 2.05) is 13.8 Å².